The van der Waals surface area contributed by atoms with Gasteiger partial charge in [-0.15, -0.1) is 0 Å². The van der Waals surface area contributed by atoms with E-state index in [1.165, 1.54) is 38.4 Å². The van der Waals surface area contributed by atoms with Crippen molar-refractivity contribution >= 4 is 52.5 Å². The first kappa shape index (κ1) is 27.5. The van der Waals surface area contributed by atoms with Gasteiger partial charge in [-0.25, -0.2) is 0 Å². The molecule has 186 valence electrons. The lowest BCUT2D eigenvalue weighted by Gasteiger charge is -2.24. The number of methoxy groups -OCH3 is 3. The highest BCUT2D eigenvalue weighted by Crippen LogP contribution is 2.31. The summed E-state index contributed by atoms with van der Waals surface area (Å²) in [5.41, 5.74) is 6.24. The summed E-state index contributed by atoms with van der Waals surface area (Å²) in [5.74, 6) is 0.0238. The lowest BCUT2D eigenvalue weighted by atomic mass is 10.1. The van der Waals surface area contributed by atoms with Crippen molar-refractivity contribution in [1.29, 1.82) is 0 Å². The van der Waals surface area contributed by atoms with E-state index in [2.05, 4.69) is 10.9 Å². The molecule has 2 amide bonds. The molecule has 0 aliphatic carbocycles. The molecule has 35 heavy (non-hydrogen) atoms. The van der Waals surface area contributed by atoms with Gasteiger partial charge in [-0.3, -0.25) is 35.3 Å². The van der Waals surface area contributed by atoms with Gasteiger partial charge in [0.25, 0.3) is 0 Å². The second-order valence-corrected chi connectivity index (χ2v) is 7.83. The molecule has 0 aliphatic heterocycles. The van der Waals surface area contributed by atoms with Crippen LogP contribution in [0.2, 0.25) is 0 Å². The van der Waals surface area contributed by atoms with E-state index in [9.17, 15) is 14.4 Å². The van der Waals surface area contributed by atoms with Crippen molar-refractivity contribution in [1.82, 2.24) is 20.9 Å². The van der Waals surface area contributed by atoms with Crippen LogP contribution in [0.4, 0.5) is 0 Å². The molecule has 0 saturated heterocycles. The van der Waals surface area contributed by atoms with Gasteiger partial charge >= 0.3 is 0 Å². The summed E-state index contributed by atoms with van der Waals surface area (Å²) in [4.78, 5) is 36.8. The highest BCUT2D eigenvalue weighted by molar-refractivity contribution is 7.81. The first-order valence-electron chi connectivity index (χ1n) is 10.2. The van der Waals surface area contributed by atoms with Gasteiger partial charge in [0.1, 0.15) is 22.1 Å². The molecule has 10 nitrogen and oxygen atoms in total. The number of aldehydes is 1. The molecule has 0 saturated carbocycles. The molecule has 0 aliphatic rings. The van der Waals surface area contributed by atoms with E-state index < -0.39 is 18.2 Å². The minimum absolute atomic E-state index is 0.170. The standard InChI is InChI=1S/C23H26N4O6S2/c1-26(22(34)14-8-6-10-17(31-3)16(14)13-28)24-19(29)12-20(30)25-27(2)23(35)15-9-7-11-18(32-4)21(15)33-5/h6-11,13H,12H2,1-5H3,(H,24,29)(H,25,30). The van der Waals surface area contributed by atoms with Gasteiger partial charge in [-0.05, 0) is 18.2 Å². The SMILES string of the molecule is COc1cccc(C(=S)N(C)NC(=O)CC(=O)NN(C)C(=S)c2cccc(OC)c2OC)c1C=O. The van der Waals surface area contributed by atoms with Gasteiger partial charge in [0, 0.05) is 19.7 Å². The molecule has 0 unspecified atom stereocenters. The minimum Gasteiger partial charge on any atom is -0.496 e. The maximum Gasteiger partial charge on any atom is 0.248 e. The second kappa shape index (κ2) is 12.6. The quantitative estimate of drug-likeness (QED) is 0.233. The number of rotatable bonds is 8. The van der Waals surface area contributed by atoms with Gasteiger partial charge in [-0.2, -0.15) is 0 Å². The van der Waals surface area contributed by atoms with Gasteiger partial charge in [0.05, 0.1) is 32.5 Å². The number of para-hydroxylation sites is 1. The zero-order valence-electron chi connectivity index (χ0n) is 19.9. The van der Waals surface area contributed by atoms with E-state index in [0.717, 1.165) is 0 Å². The summed E-state index contributed by atoms with van der Waals surface area (Å²) in [6.07, 6.45) is 0.118. The number of carbonyl (C=O) groups is 3. The smallest absolute Gasteiger partial charge is 0.248 e. The summed E-state index contributed by atoms with van der Waals surface area (Å²) in [7, 11) is 7.47. The van der Waals surface area contributed by atoms with Crippen molar-refractivity contribution in [3.8, 4) is 17.2 Å². The first-order chi connectivity index (χ1) is 16.7. The van der Waals surface area contributed by atoms with Crippen LogP contribution in [0.1, 0.15) is 27.9 Å². The number of thiocarbonyl (C=S) groups is 2. The van der Waals surface area contributed by atoms with Crippen molar-refractivity contribution in [2.45, 2.75) is 6.42 Å². The predicted molar refractivity (Wildman–Crippen MR) is 138 cm³/mol. The zero-order valence-corrected chi connectivity index (χ0v) is 21.5. The number of ether oxygens (including phenoxy) is 3. The fourth-order valence-electron chi connectivity index (χ4n) is 3.15. The van der Waals surface area contributed by atoms with Crippen LogP contribution >= 0.6 is 24.4 Å². The van der Waals surface area contributed by atoms with Crippen LogP contribution < -0.4 is 25.1 Å². The van der Waals surface area contributed by atoms with E-state index in [-0.39, 0.29) is 15.5 Å². The minimum atomic E-state index is -0.624. The summed E-state index contributed by atoms with van der Waals surface area (Å²) < 4.78 is 15.8. The van der Waals surface area contributed by atoms with E-state index in [4.69, 9.17) is 38.6 Å². The Morgan fingerprint density at radius 2 is 1.31 bits per heavy atom. The number of amides is 2. The summed E-state index contributed by atoms with van der Waals surface area (Å²) in [5, 5.41) is 2.56. The first-order valence-corrected chi connectivity index (χ1v) is 11.0. The third-order valence-electron chi connectivity index (χ3n) is 4.78. The average molecular weight is 519 g/mol. The Bertz CT molecular complexity index is 1140. The van der Waals surface area contributed by atoms with Crippen LogP contribution in [-0.2, 0) is 9.59 Å². The van der Waals surface area contributed by atoms with Crippen LogP contribution in [-0.4, -0.2) is 73.5 Å². The largest absolute Gasteiger partial charge is 0.496 e. The fourth-order valence-corrected chi connectivity index (χ4v) is 3.58. The molecular formula is C23H26N4O6S2. The third kappa shape index (κ3) is 6.64. The molecule has 0 heterocycles. The second-order valence-electron chi connectivity index (χ2n) is 7.06. The average Bonchev–Trinajstić information content (AvgIpc) is 2.85. The molecule has 0 spiro atoms. The Kier molecular flexibility index (Phi) is 9.91. The molecule has 0 aromatic heterocycles. The van der Waals surface area contributed by atoms with E-state index in [1.807, 2.05) is 0 Å². The molecule has 2 N–H and O–H groups in total. The van der Waals surface area contributed by atoms with E-state index in [1.54, 1.807) is 43.4 Å². The van der Waals surface area contributed by atoms with Gasteiger partial charge < -0.3 is 14.2 Å². The number of hydrazine groups is 2. The number of hydrogen-bond donors (Lipinski definition) is 2. The van der Waals surface area contributed by atoms with E-state index in [0.29, 0.717) is 34.7 Å². The molecule has 0 atom stereocenters. The topological polar surface area (TPSA) is 109 Å². The van der Waals surface area contributed by atoms with Crippen molar-refractivity contribution in [2.75, 3.05) is 35.4 Å². The molecule has 2 rings (SSSR count). The summed E-state index contributed by atoms with van der Waals surface area (Å²) in [6.45, 7) is 0. The van der Waals surface area contributed by atoms with Gasteiger partial charge in [0.2, 0.25) is 11.8 Å². The Labute approximate surface area is 214 Å². The number of hydrogen-bond acceptors (Lipinski definition) is 8. The molecule has 2 aromatic rings. The van der Waals surface area contributed by atoms with E-state index >= 15 is 0 Å². The zero-order chi connectivity index (χ0) is 26.1. The Balaban J connectivity index is 2.01. The summed E-state index contributed by atoms with van der Waals surface area (Å²) in [6, 6.07) is 10.1. The van der Waals surface area contributed by atoms with Gasteiger partial charge in [0.15, 0.2) is 17.8 Å². The fraction of sp³-hybridized carbons (Fsp3) is 0.261. The third-order valence-corrected chi connectivity index (χ3v) is 5.77. The molecule has 0 radical (unpaired) electrons. The lowest BCUT2D eigenvalue weighted by Crippen LogP contribution is -2.47. The number of carbonyl (C=O) groups excluding carboxylic acids is 3. The molecule has 0 fully saturated rings. The number of nitrogens with zero attached hydrogens (tertiary/aromatic N) is 2. The Hall–Kier alpha value is -3.77. The van der Waals surface area contributed by atoms with Crippen molar-refractivity contribution in [3.63, 3.8) is 0 Å². The predicted octanol–water partition coefficient (Wildman–Crippen LogP) is 1.89. The maximum atomic E-state index is 12.4. The van der Waals surface area contributed by atoms with Crippen LogP contribution in [0.25, 0.3) is 0 Å². The van der Waals surface area contributed by atoms with Crippen LogP contribution in [0, 0.1) is 0 Å². The molecule has 0 bridgehead atoms. The van der Waals surface area contributed by atoms with Crippen LogP contribution in [0.5, 0.6) is 17.2 Å². The van der Waals surface area contributed by atoms with Crippen molar-refractivity contribution < 1.29 is 28.6 Å². The van der Waals surface area contributed by atoms with Crippen molar-refractivity contribution in [3.05, 3.63) is 53.1 Å². The maximum absolute atomic E-state index is 12.4. The van der Waals surface area contributed by atoms with Crippen LogP contribution in [0.3, 0.4) is 0 Å². The monoisotopic (exact) mass is 518 g/mol. The van der Waals surface area contributed by atoms with Crippen LogP contribution in [0.15, 0.2) is 36.4 Å². The van der Waals surface area contributed by atoms with Crippen molar-refractivity contribution in [2.24, 2.45) is 0 Å². The molecule has 12 heteroatoms. The normalized spacial score (nSPS) is 9.97. The summed E-state index contributed by atoms with van der Waals surface area (Å²) >= 11 is 10.8. The number of benzene rings is 2. The number of nitrogens with one attached hydrogen (secondary N) is 2. The van der Waals surface area contributed by atoms with Gasteiger partial charge in [-0.1, -0.05) is 42.6 Å². The Morgan fingerprint density at radius 3 is 1.80 bits per heavy atom. The lowest BCUT2D eigenvalue weighted by molar-refractivity contribution is -0.132. The Morgan fingerprint density at radius 1 is 0.829 bits per heavy atom. The molecular weight excluding hydrogens is 492 g/mol. The molecule has 2 aromatic carbocycles. The highest BCUT2D eigenvalue weighted by atomic mass is 32.1. The highest BCUT2D eigenvalue weighted by Gasteiger charge is 2.21.